The second kappa shape index (κ2) is 7.22. The lowest BCUT2D eigenvalue weighted by atomic mass is 9.87. The first-order valence-corrected chi connectivity index (χ1v) is 7.21. The van der Waals surface area contributed by atoms with Crippen LogP contribution in [0.4, 0.5) is 0 Å². The van der Waals surface area contributed by atoms with Gasteiger partial charge in [-0.2, -0.15) is 0 Å². The topological polar surface area (TPSA) is 55.8 Å². The summed E-state index contributed by atoms with van der Waals surface area (Å²) in [7, 11) is 4.00. The van der Waals surface area contributed by atoms with Crippen LogP contribution >= 0.6 is 0 Å². The molecular formula is C14H29N3O2. The van der Waals surface area contributed by atoms with Crippen LogP contribution in [0.1, 0.15) is 26.7 Å². The van der Waals surface area contributed by atoms with Crippen LogP contribution in [0.25, 0.3) is 0 Å². The molecule has 0 aromatic carbocycles. The van der Waals surface area contributed by atoms with E-state index in [9.17, 15) is 9.90 Å². The Bertz CT molecular complexity index is 284. The number of likely N-dealkylation sites (tertiary alicyclic amines) is 1. The largest absolute Gasteiger partial charge is 0.480 e. The highest BCUT2D eigenvalue weighted by molar-refractivity contribution is 5.79. The Labute approximate surface area is 117 Å². The minimum absolute atomic E-state index is 0.638. The van der Waals surface area contributed by atoms with Crippen molar-refractivity contribution in [1.82, 2.24) is 15.1 Å². The molecule has 5 heteroatoms. The van der Waals surface area contributed by atoms with E-state index >= 15 is 0 Å². The van der Waals surface area contributed by atoms with Crippen molar-refractivity contribution in [2.24, 2.45) is 5.92 Å². The Kier molecular flexibility index (Phi) is 6.23. The second-order valence-electron chi connectivity index (χ2n) is 6.31. The fraction of sp³-hybridized carbons (Fsp3) is 0.929. The predicted octanol–water partition coefficient (Wildman–Crippen LogP) is 0.713. The van der Waals surface area contributed by atoms with Crippen molar-refractivity contribution < 1.29 is 9.90 Å². The number of nitrogens with zero attached hydrogens (tertiary/aromatic N) is 2. The van der Waals surface area contributed by atoms with Crippen molar-refractivity contribution in [3.63, 3.8) is 0 Å². The highest BCUT2D eigenvalue weighted by Gasteiger charge is 2.40. The molecule has 0 aromatic rings. The normalized spacial score (nSPS) is 20.1. The Balaban J connectivity index is 2.49. The number of carboxylic acids is 1. The van der Waals surface area contributed by atoms with Crippen molar-refractivity contribution >= 4 is 5.97 Å². The summed E-state index contributed by atoms with van der Waals surface area (Å²) in [4.78, 5) is 16.0. The monoisotopic (exact) mass is 271 g/mol. The maximum atomic E-state index is 11.6. The van der Waals surface area contributed by atoms with E-state index in [0.717, 1.165) is 32.7 Å². The summed E-state index contributed by atoms with van der Waals surface area (Å²) < 4.78 is 0. The van der Waals surface area contributed by atoms with Crippen LogP contribution in [0.2, 0.25) is 0 Å². The minimum Gasteiger partial charge on any atom is -0.480 e. The average molecular weight is 271 g/mol. The van der Waals surface area contributed by atoms with Gasteiger partial charge in [-0.25, -0.2) is 0 Å². The highest BCUT2D eigenvalue weighted by Crippen LogP contribution is 2.23. The molecule has 1 heterocycles. The quantitative estimate of drug-likeness (QED) is 0.714. The number of likely N-dealkylation sites (N-methyl/N-ethyl adjacent to an activating group) is 1. The maximum absolute atomic E-state index is 11.6. The van der Waals surface area contributed by atoms with Crippen LogP contribution in [0.3, 0.4) is 0 Å². The number of aliphatic carboxylic acids is 1. The van der Waals surface area contributed by atoms with Crippen molar-refractivity contribution in [1.29, 1.82) is 0 Å². The van der Waals surface area contributed by atoms with Crippen LogP contribution in [-0.4, -0.2) is 73.2 Å². The number of nitrogens with one attached hydrogen (secondary N) is 1. The van der Waals surface area contributed by atoms with E-state index in [1.165, 1.54) is 0 Å². The lowest BCUT2D eigenvalue weighted by Crippen LogP contribution is -2.59. The summed E-state index contributed by atoms with van der Waals surface area (Å²) in [6.45, 7) is 8.81. The third-order valence-electron chi connectivity index (χ3n) is 3.76. The van der Waals surface area contributed by atoms with Crippen molar-refractivity contribution in [3.05, 3.63) is 0 Å². The molecule has 1 fully saturated rings. The Morgan fingerprint density at radius 1 is 1.37 bits per heavy atom. The van der Waals surface area contributed by atoms with E-state index in [2.05, 4.69) is 29.0 Å². The Hall–Kier alpha value is -0.650. The summed E-state index contributed by atoms with van der Waals surface area (Å²) >= 11 is 0. The predicted molar refractivity (Wildman–Crippen MR) is 77.4 cm³/mol. The first kappa shape index (κ1) is 16.4. The van der Waals surface area contributed by atoms with Gasteiger partial charge in [0.1, 0.15) is 5.54 Å². The lowest BCUT2D eigenvalue weighted by Gasteiger charge is -2.40. The molecule has 1 aliphatic rings. The summed E-state index contributed by atoms with van der Waals surface area (Å²) in [6, 6.07) is 0. The van der Waals surface area contributed by atoms with Gasteiger partial charge in [-0.1, -0.05) is 13.8 Å². The fourth-order valence-electron chi connectivity index (χ4n) is 2.62. The molecule has 0 bridgehead atoms. The van der Waals surface area contributed by atoms with Crippen LogP contribution in [0.5, 0.6) is 0 Å². The number of carboxylic acid groups (broad SMARTS) is 1. The molecule has 0 atom stereocenters. The third-order valence-corrected chi connectivity index (χ3v) is 3.76. The van der Waals surface area contributed by atoms with Gasteiger partial charge in [-0.15, -0.1) is 0 Å². The SMILES string of the molecule is CC(C)CN1CCC(NCCN(C)C)(C(=O)O)CC1. The van der Waals surface area contributed by atoms with E-state index in [0.29, 0.717) is 18.8 Å². The third kappa shape index (κ3) is 5.09. The molecule has 1 rings (SSSR count). The second-order valence-corrected chi connectivity index (χ2v) is 6.31. The van der Waals surface area contributed by atoms with Crippen molar-refractivity contribution in [2.45, 2.75) is 32.2 Å². The van der Waals surface area contributed by atoms with E-state index in [1.54, 1.807) is 0 Å². The van der Waals surface area contributed by atoms with E-state index in [4.69, 9.17) is 0 Å². The zero-order chi connectivity index (χ0) is 14.5. The summed E-state index contributed by atoms with van der Waals surface area (Å²) in [5, 5.41) is 12.8. The average Bonchev–Trinajstić information content (AvgIpc) is 2.30. The maximum Gasteiger partial charge on any atom is 0.323 e. The van der Waals surface area contributed by atoms with Gasteiger partial charge in [-0.3, -0.25) is 4.79 Å². The molecule has 1 aliphatic heterocycles. The Morgan fingerprint density at radius 3 is 2.37 bits per heavy atom. The molecule has 1 saturated heterocycles. The van der Waals surface area contributed by atoms with Gasteiger partial charge in [0.05, 0.1) is 0 Å². The van der Waals surface area contributed by atoms with Gasteiger partial charge in [0.2, 0.25) is 0 Å². The molecule has 0 aliphatic carbocycles. The highest BCUT2D eigenvalue weighted by atomic mass is 16.4. The van der Waals surface area contributed by atoms with Crippen LogP contribution in [0.15, 0.2) is 0 Å². The molecular weight excluding hydrogens is 242 g/mol. The Morgan fingerprint density at radius 2 is 1.95 bits per heavy atom. The van der Waals surface area contributed by atoms with E-state index in [-0.39, 0.29) is 0 Å². The fourth-order valence-corrected chi connectivity index (χ4v) is 2.62. The van der Waals surface area contributed by atoms with Crippen molar-refractivity contribution in [2.75, 3.05) is 46.8 Å². The zero-order valence-electron chi connectivity index (χ0n) is 12.8. The van der Waals surface area contributed by atoms with Crippen LogP contribution in [-0.2, 0) is 4.79 Å². The van der Waals surface area contributed by atoms with Gasteiger partial charge >= 0.3 is 5.97 Å². The molecule has 2 N–H and O–H groups in total. The molecule has 0 saturated carbocycles. The van der Waals surface area contributed by atoms with Gasteiger partial charge in [-0.05, 0) is 32.9 Å². The van der Waals surface area contributed by atoms with Crippen LogP contribution < -0.4 is 5.32 Å². The molecule has 19 heavy (non-hydrogen) atoms. The molecule has 0 radical (unpaired) electrons. The summed E-state index contributed by atoms with van der Waals surface area (Å²) in [5.41, 5.74) is -0.719. The van der Waals surface area contributed by atoms with Gasteiger partial charge in [0, 0.05) is 32.7 Å². The van der Waals surface area contributed by atoms with Crippen LogP contribution in [0, 0.1) is 5.92 Å². The van der Waals surface area contributed by atoms with Gasteiger partial charge < -0.3 is 20.2 Å². The number of hydrogen-bond donors (Lipinski definition) is 2. The standard InChI is InChI=1S/C14H29N3O2/c1-12(2)11-17-8-5-14(6-9-17,13(18)19)15-7-10-16(3)4/h12,15H,5-11H2,1-4H3,(H,18,19). The number of piperidine rings is 1. The van der Waals surface area contributed by atoms with E-state index in [1.807, 2.05) is 14.1 Å². The number of rotatable bonds is 7. The zero-order valence-corrected chi connectivity index (χ0v) is 12.8. The smallest absolute Gasteiger partial charge is 0.323 e. The molecule has 5 nitrogen and oxygen atoms in total. The molecule has 0 spiro atoms. The molecule has 0 unspecified atom stereocenters. The van der Waals surface area contributed by atoms with Gasteiger partial charge in [0.15, 0.2) is 0 Å². The lowest BCUT2D eigenvalue weighted by molar-refractivity contribution is -0.147. The van der Waals surface area contributed by atoms with Gasteiger partial charge in [0.25, 0.3) is 0 Å². The summed E-state index contributed by atoms with van der Waals surface area (Å²) in [5.74, 6) is -0.0607. The first-order valence-electron chi connectivity index (χ1n) is 7.21. The molecule has 0 amide bonds. The molecule has 112 valence electrons. The number of carbonyl (C=O) groups is 1. The molecule has 0 aromatic heterocycles. The van der Waals surface area contributed by atoms with E-state index < -0.39 is 11.5 Å². The van der Waals surface area contributed by atoms with Crippen molar-refractivity contribution in [3.8, 4) is 0 Å². The summed E-state index contributed by atoms with van der Waals surface area (Å²) in [6.07, 6.45) is 1.39. The number of hydrogen-bond acceptors (Lipinski definition) is 4. The minimum atomic E-state index is -0.719. The first-order chi connectivity index (χ1) is 8.85.